The van der Waals surface area contributed by atoms with Gasteiger partial charge in [0.2, 0.25) is 0 Å². The second-order valence-corrected chi connectivity index (χ2v) is 5.74. The highest BCUT2D eigenvalue weighted by Crippen LogP contribution is 2.39. The molecule has 0 N–H and O–H groups in total. The maximum absolute atomic E-state index is 12.6. The molecule has 1 aromatic heterocycles. The van der Waals surface area contributed by atoms with Crippen molar-refractivity contribution < 1.29 is 18.0 Å². The van der Waals surface area contributed by atoms with Crippen LogP contribution in [0.2, 0.25) is 0 Å². The van der Waals surface area contributed by atoms with Crippen LogP contribution in [0.15, 0.2) is 18.3 Å². The monoisotopic (exact) mass is 299 g/mol. The minimum Gasteiger partial charge on any atom is -0.299 e. The van der Waals surface area contributed by atoms with Crippen molar-refractivity contribution >= 4 is 5.78 Å². The van der Waals surface area contributed by atoms with Crippen molar-refractivity contribution in [3.8, 4) is 0 Å². The fourth-order valence-corrected chi connectivity index (χ4v) is 2.83. The fourth-order valence-electron chi connectivity index (χ4n) is 2.83. The van der Waals surface area contributed by atoms with Gasteiger partial charge in [-0.1, -0.05) is 13.0 Å². The summed E-state index contributed by atoms with van der Waals surface area (Å²) in [5.41, 5.74) is 1.81. The van der Waals surface area contributed by atoms with Gasteiger partial charge < -0.3 is 0 Å². The molecule has 1 aromatic rings. The molecular formula is C16H20F3NO. The Hall–Kier alpha value is -1.39. The molecule has 0 saturated heterocycles. The summed E-state index contributed by atoms with van der Waals surface area (Å²) in [5, 5.41) is 0. The Labute approximate surface area is 122 Å². The van der Waals surface area contributed by atoms with Crippen LogP contribution < -0.4 is 0 Å². The number of pyridine rings is 1. The van der Waals surface area contributed by atoms with E-state index in [9.17, 15) is 18.0 Å². The van der Waals surface area contributed by atoms with E-state index < -0.39 is 12.1 Å². The molecule has 1 fully saturated rings. The van der Waals surface area contributed by atoms with E-state index in [-0.39, 0.29) is 31.0 Å². The molecule has 1 aliphatic rings. The van der Waals surface area contributed by atoms with Gasteiger partial charge in [-0.05, 0) is 43.7 Å². The Morgan fingerprint density at radius 1 is 1.24 bits per heavy atom. The molecule has 0 spiro atoms. The van der Waals surface area contributed by atoms with Gasteiger partial charge in [0, 0.05) is 24.2 Å². The largest absolute Gasteiger partial charge is 0.391 e. The van der Waals surface area contributed by atoms with E-state index in [0.717, 1.165) is 12.0 Å². The molecule has 5 heteroatoms. The van der Waals surface area contributed by atoms with Crippen LogP contribution in [0.25, 0.3) is 0 Å². The quantitative estimate of drug-likeness (QED) is 0.837. The first-order valence-corrected chi connectivity index (χ1v) is 7.43. The van der Waals surface area contributed by atoms with E-state index in [1.165, 1.54) is 0 Å². The van der Waals surface area contributed by atoms with E-state index in [1.807, 2.05) is 19.1 Å². The number of hydrogen-bond donors (Lipinski definition) is 0. The average molecular weight is 299 g/mol. The number of carbonyl (C=O) groups is 1. The molecule has 0 radical (unpaired) electrons. The van der Waals surface area contributed by atoms with Gasteiger partial charge in [0.25, 0.3) is 0 Å². The zero-order valence-electron chi connectivity index (χ0n) is 12.1. The van der Waals surface area contributed by atoms with E-state index in [2.05, 4.69) is 4.98 Å². The number of ketones is 1. The minimum atomic E-state index is -4.12. The molecule has 2 rings (SSSR count). The number of alkyl halides is 3. The maximum atomic E-state index is 12.6. The number of rotatable bonds is 4. The smallest absolute Gasteiger partial charge is 0.299 e. The summed E-state index contributed by atoms with van der Waals surface area (Å²) in [6.45, 7) is 2.03. The molecule has 1 heterocycles. The van der Waals surface area contributed by atoms with Gasteiger partial charge in [0.05, 0.1) is 5.92 Å². The number of hydrogen-bond acceptors (Lipinski definition) is 2. The predicted octanol–water partition coefficient (Wildman–Crippen LogP) is 4.12. The Kier molecular flexibility index (Phi) is 5.01. The molecule has 0 aromatic carbocycles. The summed E-state index contributed by atoms with van der Waals surface area (Å²) in [5.74, 6) is -1.45. The topological polar surface area (TPSA) is 30.0 Å². The summed E-state index contributed by atoms with van der Waals surface area (Å²) in [4.78, 5) is 16.4. The summed E-state index contributed by atoms with van der Waals surface area (Å²) in [7, 11) is 0. The second-order valence-electron chi connectivity index (χ2n) is 5.74. The van der Waals surface area contributed by atoms with E-state index >= 15 is 0 Å². The van der Waals surface area contributed by atoms with Crippen LogP contribution in [0.5, 0.6) is 0 Å². The summed E-state index contributed by atoms with van der Waals surface area (Å²) in [6.07, 6.45) is -0.418. The summed E-state index contributed by atoms with van der Waals surface area (Å²) in [6, 6.07) is 3.77. The van der Waals surface area contributed by atoms with Crippen molar-refractivity contribution in [3.63, 3.8) is 0 Å². The van der Waals surface area contributed by atoms with Gasteiger partial charge in [0.1, 0.15) is 5.78 Å². The van der Waals surface area contributed by atoms with Crippen LogP contribution in [0.3, 0.4) is 0 Å². The van der Waals surface area contributed by atoms with Gasteiger partial charge >= 0.3 is 6.18 Å². The van der Waals surface area contributed by atoms with Gasteiger partial charge in [-0.25, -0.2) is 0 Å². The Morgan fingerprint density at radius 3 is 2.38 bits per heavy atom. The van der Waals surface area contributed by atoms with E-state index in [0.29, 0.717) is 18.5 Å². The molecule has 116 valence electrons. The predicted molar refractivity (Wildman–Crippen MR) is 73.8 cm³/mol. The van der Waals surface area contributed by atoms with Crippen LogP contribution >= 0.6 is 0 Å². The fraction of sp³-hybridized carbons (Fsp3) is 0.625. The lowest BCUT2D eigenvalue weighted by Gasteiger charge is -2.29. The lowest BCUT2D eigenvalue weighted by atomic mass is 9.79. The van der Waals surface area contributed by atoms with Crippen molar-refractivity contribution in [2.24, 2.45) is 11.8 Å². The van der Waals surface area contributed by atoms with Crippen LogP contribution in [0.4, 0.5) is 13.2 Å². The molecule has 21 heavy (non-hydrogen) atoms. The zero-order valence-corrected chi connectivity index (χ0v) is 12.1. The molecule has 0 amide bonds. The molecule has 0 unspecified atom stereocenters. The first-order valence-electron chi connectivity index (χ1n) is 7.43. The standard InChI is InChI=1S/C16H20F3NO/c1-2-11-3-8-14(20-10-11)9-15(21)12-4-6-13(7-5-12)16(17,18)19/h3,8,10,12-13H,2,4-7,9H2,1H3. The highest BCUT2D eigenvalue weighted by molar-refractivity contribution is 5.82. The molecule has 0 atom stereocenters. The van der Waals surface area contributed by atoms with Gasteiger partial charge in [-0.15, -0.1) is 0 Å². The molecule has 2 nitrogen and oxygen atoms in total. The average Bonchev–Trinajstić information content (AvgIpc) is 2.47. The van der Waals surface area contributed by atoms with Crippen LogP contribution in [-0.2, 0) is 17.6 Å². The first kappa shape index (κ1) is 16.0. The highest BCUT2D eigenvalue weighted by atomic mass is 19.4. The maximum Gasteiger partial charge on any atom is 0.391 e. The molecule has 0 bridgehead atoms. The first-order chi connectivity index (χ1) is 9.90. The van der Waals surface area contributed by atoms with Crippen LogP contribution in [0.1, 0.15) is 43.9 Å². The number of carbonyl (C=O) groups excluding carboxylic acids is 1. The van der Waals surface area contributed by atoms with Crippen molar-refractivity contribution in [1.82, 2.24) is 4.98 Å². The van der Waals surface area contributed by atoms with E-state index in [1.54, 1.807) is 6.20 Å². The third kappa shape index (κ3) is 4.29. The van der Waals surface area contributed by atoms with Gasteiger partial charge in [0.15, 0.2) is 0 Å². The van der Waals surface area contributed by atoms with Gasteiger partial charge in [-0.2, -0.15) is 13.2 Å². The van der Waals surface area contributed by atoms with Gasteiger partial charge in [-0.3, -0.25) is 9.78 Å². The normalized spacial score (nSPS) is 23.0. The summed E-state index contributed by atoms with van der Waals surface area (Å²) < 4.78 is 37.8. The third-order valence-corrected chi connectivity index (χ3v) is 4.30. The van der Waals surface area contributed by atoms with Crippen molar-refractivity contribution in [2.75, 3.05) is 0 Å². The molecule has 1 aliphatic carbocycles. The van der Waals surface area contributed by atoms with Crippen molar-refractivity contribution in [3.05, 3.63) is 29.6 Å². The number of nitrogens with zero attached hydrogens (tertiary/aromatic N) is 1. The van der Waals surface area contributed by atoms with Crippen molar-refractivity contribution in [1.29, 1.82) is 0 Å². The lowest BCUT2D eigenvalue weighted by Crippen LogP contribution is -2.30. The van der Waals surface area contributed by atoms with Crippen LogP contribution in [0, 0.1) is 11.8 Å². The minimum absolute atomic E-state index is 0.0207. The second kappa shape index (κ2) is 6.58. The number of Topliss-reactive ketones (excluding diaryl/α,β-unsaturated/α-hetero) is 1. The SMILES string of the molecule is CCc1ccc(CC(=O)C2CCC(C(F)(F)F)CC2)nc1. The molecular weight excluding hydrogens is 279 g/mol. The summed E-state index contributed by atoms with van der Waals surface area (Å²) >= 11 is 0. The van der Waals surface area contributed by atoms with Crippen LogP contribution in [-0.4, -0.2) is 16.9 Å². The molecule has 1 saturated carbocycles. The lowest BCUT2D eigenvalue weighted by molar-refractivity contribution is -0.184. The number of aryl methyl sites for hydroxylation is 1. The zero-order chi connectivity index (χ0) is 15.5. The van der Waals surface area contributed by atoms with Crippen molar-refractivity contribution in [2.45, 2.75) is 51.6 Å². The third-order valence-electron chi connectivity index (χ3n) is 4.30. The number of aromatic nitrogens is 1. The highest BCUT2D eigenvalue weighted by Gasteiger charge is 2.42. The Bertz CT molecular complexity index is 473. The number of halogens is 3. The Balaban J connectivity index is 1.87. The molecule has 0 aliphatic heterocycles. The Morgan fingerprint density at radius 2 is 1.90 bits per heavy atom. The van der Waals surface area contributed by atoms with E-state index in [4.69, 9.17) is 0 Å².